The van der Waals surface area contributed by atoms with E-state index in [1.165, 1.54) is 0 Å². The van der Waals surface area contributed by atoms with E-state index < -0.39 is 44.6 Å². The molecule has 112 valence electrons. The summed E-state index contributed by atoms with van der Waals surface area (Å²) in [6, 6.07) is -1.36. The van der Waals surface area contributed by atoms with Crippen molar-refractivity contribution in [3.05, 3.63) is 0 Å². The summed E-state index contributed by atoms with van der Waals surface area (Å²) in [6.07, 6.45) is -6.12. The largest absolute Gasteiger partial charge is 0.472 e. The summed E-state index contributed by atoms with van der Waals surface area (Å²) in [5.41, 5.74) is 0. The summed E-state index contributed by atoms with van der Waals surface area (Å²) in [5, 5.41) is 21.6. The van der Waals surface area contributed by atoms with Crippen LogP contribution in [0.4, 0.5) is 0 Å². The van der Waals surface area contributed by atoms with Crippen LogP contribution in [0, 0.1) is 0 Å². The number of nitrogens with one attached hydrogen (secondary N) is 1. The molecule has 0 aromatic heterocycles. The van der Waals surface area contributed by atoms with Gasteiger partial charge in [0.1, 0.15) is 18.2 Å². The second kappa shape index (κ2) is 6.25. The highest BCUT2D eigenvalue weighted by molar-refractivity contribution is 7.46. The number of ether oxygens (including phenoxy) is 2. The van der Waals surface area contributed by atoms with E-state index >= 15 is 0 Å². The van der Waals surface area contributed by atoms with Crippen molar-refractivity contribution < 1.29 is 43.4 Å². The minimum Gasteiger partial charge on any atom is -0.388 e. The highest BCUT2D eigenvalue weighted by Crippen LogP contribution is 2.40. The molecule has 11 heteroatoms. The zero-order chi connectivity index (χ0) is 14.8. The molecule has 0 saturated carbocycles. The van der Waals surface area contributed by atoms with Crippen molar-refractivity contribution in [3.63, 3.8) is 0 Å². The number of carbonyl (C=O) groups is 1. The molecule has 0 aliphatic carbocycles. The lowest BCUT2D eigenvalue weighted by Gasteiger charge is -2.41. The average molecular weight is 301 g/mol. The van der Waals surface area contributed by atoms with Crippen molar-refractivity contribution >= 4 is 13.7 Å². The molecule has 1 aliphatic heterocycles. The highest BCUT2D eigenvalue weighted by atomic mass is 31.2. The number of phosphoric ester groups is 1. The molecule has 0 spiro atoms. The van der Waals surface area contributed by atoms with Crippen molar-refractivity contribution in [3.8, 4) is 0 Å². The molecule has 5 N–H and O–H groups in total. The van der Waals surface area contributed by atoms with Crippen LogP contribution in [-0.4, -0.2) is 63.8 Å². The van der Waals surface area contributed by atoms with Gasteiger partial charge in [0, 0.05) is 14.0 Å². The SMILES string of the molecule is CO[C@H]1O[C@H](OP(=O)(O)O)C(NC(C)=O)[C@@H](O)[C@@H]1O. The molecule has 19 heavy (non-hydrogen) atoms. The van der Waals surface area contributed by atoms with Gasteiger partial charge in [0.2, 0.25) is 5.91 Å². The Morgan fingerprint density at radius 3 is 2.26 bits per heavy atom. The van der Waals surface area contributed by atoms with Gasteiger partial charge in [-0.05, 0) is 0 Å². The van der Waals surface area contributed by atoms with E-state index in [9.17, 15) is 19.6 Å². The molecule has 0 aromatic rings. The molecule has 1 heterocycles. The third-order valence-electron chi connectivity index (χ3n) is 2.40. The van der Waals surface area contributed by atoms with Gasteiger partial charge in [0.15, 0.2) is 12.6 Å². The number of hydrogen-bond donors (Lipinski definition) is 5. The summed E-state index contributed by atoms with van der Waals surface area (Å²) < 4.78 is 24.8. The predicted molar refractivity (Wildman–Crippen MR) is 58.4 cm³/mol. The first-order chi connectivity index (χ1) is 8.65. The Balaban J connectivity index is 2.92. The predicted octanol–water partition coefficient (Wildman–Crippen LogP) is -2.35. The summed E-state index contributed by atoms with van der Waals surface area (Å²) in [5.74, 6) is -0.602. The molecule has 1 amide bonds. The number of carbonyl (C=O) groups excluding carboxylic acids is 1. The van der Waals surface area contributed by atoms with Crippen molar-refractivity contribution in [2.75, 3.05) is 7.11 Å². The van der Waals surface area contributed by atoms with Crippen molar-refractivity contribution in [1.82, 2.24) is 5.32 Å². The van der Waals surface area contributed by atoms with Gasteiger partial charge < -0.3 is 34.8 Å². The summed E-state index contributed by atoms with van der Waals surface area (Å²) in [4.78, 5) is 28.5. The Kier molecular flexibility index (Phi) is 5.42. The minimum atomic E-state index is -4.92. The van der Waals surface area contributed by atoms with Crippen LogP contribution in [0.5, 0.6) is 0 Å². The zero-order valence-electron chi connectivity index (χ0n) is 10.2. The van der Waals surface area contributed by atoms with Crippen LogP contribution in [-0.2, 0) is 23.4 Å². The Morgan fingerprint density at radius 2 is 1.84 bits per heavy atom. The van der Waals surface area contributed by atoms with E-state index in [2.05, 4.69) is 9.84 Å². The van der Waals surface area contributed by atoms with Crippen LogP contribution >= 0.6 is 7.82 Å². The molecule has 1 rings (SSSR count). The number of rotatable bonds is 4. The number of aliphatic hydroxyl groups excluding tert-OH is 2. The van der Waals surface area contributed by atoms with Gasteiger partial charge in [0.05, 0.1) is 0 Å². The van der Waals surface area contributed by atoms with Gasteiger partial charge >= 0.3 is 7.82 Å². The molecule has 0 bridgehead atoms. The Labute approximate surface area is 108 Å². The van der Waals surface area contributed by atoms with Gasteiger partial charge in [-0.1, -0.05) is 0 Å². The molecule has 0 aromatic carbocycles. The first-order valence-electron chi connectivity index (χ1n) is 5.21. The molecule has 5 atom stereocenters. The Bertz CT molecular complexity index is 371. The summed E-state index contributed by atoms with van der Waals surface area (Å²) in [7, 11) is -3.76. The van der Waals surface area contributed by atoms with Crippen LogP contribution in [0.1, 0.15) is 6.92 Å². The highest BCUT2D eigenvalue weighted by Gasteiger charge is 2.47. The second-order valence-corrected chi connectivity index (χ2v) is 5.10. The third-order valence-corrected chi connectivity index (χ3v) is 2.88. The Hall–Kier alpha value is -0.580. The van der Waals surface area contributed by atoms with Gasteiger partial charge in [-0.3, -0.25) is 9.32 Å². The normalized spacial score (nSPS) is 36.0. The van der Waals surface area contributed by atoms with Gasteiger partial charge in [0.25, 0.3) is 0 Å². The molecule has 1 fully saturated rings. The van der Waals surface area contributed by atoms with E-state index in [0.29, 0.717) is 0 Å². The number of aliphatic hydroxyl groups is 2. The monoisotopic (exact) mass is 301 g/mol. The summed E-state index contributed by atoms with van der Waals surface area (Å²) in [6.45, 7) is 1.12. The fourth-order valence-corrected chi connectivity index (χ4v) is 2.09. The van der Waals surface area contributed by atoms with E-state index in [4.69, 9.17) is 19.3 Å². The summed E-state index contributed by atoms with van der Waals surface area (Å²) >= 11 is 0. The first kappa shape index (κ1) is 16.5. The van der Waals surface area contributed by atoms with Crippen LogP contribution in [0.2, 0.25) is 0 Å². The van der Waals surface area contributed by atoms with E-state index in [0.717, 1.165) is 14.0 Å². The van der Waals surface area contributed by atoms with Crippen LogP contribution in [0.3, 0.4) is 0 Å². The topological polar surface area (TPSA) is 155 Å². The molecule has 1 unspecified atom stereocenters. The van der Waals surface area contributed by atoms with Crippen LogP contribution < -0.4 is 5.32 Å². The quantitative estimate of drug-likeness (QED) is 0.359. The average Bonchev–Trinajstić information content (AvgIpc) is 2.26. The Morgan fingerprint density at radius 1 is 1.26 bits per heavy atom. The maximum Gasteiger partial charge on any atom is 0.472 e. The number of hydrogen-bond acceptors (Lipinski definition) is 7. The lowest BCUT2D eigenvalue weighted by atomic mass is 10.0. The molecular weight excluding hydrogens is 285 g/mol. The third kappa shape index (κ3) is 4.48. The fourth-order valence-electron chi connectivity index (χ4n) is 1.64. The van der Waals surface area contributed by atoms with Crippen molar-refractivity contribution in [2.24, 2.45) is 0 Å². The molecule has 1 saturated heterocycles. The molecule has 0 radical (unpaired) electrons. The van der Waals surface area contributed by atoms with Crippen LogP contribution in [0.15, 0.2) is 0 Å². The zero-order valence-corrected chi connectivity index (χ0v) is 11.1. The van der Waals surface area contributed by atoms with Gasteiger partial charge in [-0.25, -0.2) is 4.57 Å². The van der Waals surface area contributed by atoms with E-state index in [-0.39, 0.29) is 0 Å². The standard InChI is InChI=1S/C8H16NO9P/c1-3(10)9-4-5(11)6(12)8(16-2)17-7(4)18-19(13,14)15/h4-8,11-12H,1-2H3,(H,9,10)(H2,13,14,15)/t4?,5-,6+,7-,8+/m1/s1. The van der Waals surface area contributed by atoms with Gasteiger partial charge in [-0.2, -0.15) is 0 Å². The maximum atomic E-state index is 11.0. The lowest BCUT2D eigenvalue weighted by molar-refractivity contribution is -0.306. The molecule has 1 aliphatic rings. The minimum absolute atomic E-state index is 0.602. The van der Waals surface area contributed by atoms with E-state index in [1.54, 1.807) is 0 Å². The maximum absolute atomic E-state index is 11.0. The van der Waals surface area contributed by atoms with E-state index in [1.807, 2.05) is 0 Å². The number of methoxy groups -OCH3 is 1. The fraction of sp³-hybridized carbons (Fsp3) is 0.875. The molecular formula is C8H16NO9P. The lowest BCUT2D eigenvalue weighted by Crippen LogP contribution is -2.64. The second-order valence-electron chi connectivity index (χ2n) is 3.91. The van der Waals surface area contributed by atoms with Gasteiger partial charge in [-0.15, -0.1) is 0 Å². The van der Waals surface area contributed by atoms with Crippen LogP contribution in [0.25, 0.3) is 0 Å². The van der Waals surface area contributed by atoms with Crippen molar-refractivity contribution in [1.29, 1.82) is 0 Å². The smallest absolute Gasteiger partial charge is 0.388 e. The first-order valence-corrected chi connectivity index (χ1v) is 6.74. The number of amides is 1. The number of phosphoric acid groups is 1. The molecule has 10 nitrogen and oxygen atoms in total. The van der Waals surface area contributed by atoms with Crippen molar-refractivity contribution in [2.45, 2.75) is 37.8 Å².